The average Bonchev–Trinajstić information content (AvgIpc) is 2.79. The van der Waals surface area contributed by atoms with Crippen molar-refractivity contribution in [2.45, 2.75) is 32.2 Å². The minimum atomic E-state index is 0.686. The highest BCUT2D eigenvalue weighted by molar-refractivity contribution is 6.31. The number of ether oxygens (including phenoxy) is 1. The minimum absolute atomic E-state index is 0.686. The SMILES string of the molecule is Cc1ccccc1Cl.O=CN1CCOCC1.c1cnc2cc(NC3CCC3)ccc2c1. The summed E-state index contributed by atoms with van der Waals surface area (Å²) in [5.74, 6) is 0. The molecular weight excluding hydrogens is 410 g/mol. The first-order valence-electron chi connectivity index (χ1n) is 10.8. The van der Waals surface area contributed by atoms with Crippen LogP contribution < -0.4 is 5.32 Å². The van der Waals surface area contributed by atoms with Crippen LogP contribution in [0, 0.1) is 6.92 Å². The molecule has 2 fully saturated rings. The Morgan fingerprint density at radius 2 is 1.87 bits per heavy atom. The number of aryl methyl sites for hydroxylation is 1. The van der Waals surface area contributed by atoms with Crippen molar-refractivity contribution in [3.63, 3.8) is 0 Å². The first-order valence-corrected chi connectivity index (χ1v) is 11.1. The Morgan fingerprint density at radius 3 is 2.45 bits per heavy atom. The molecule has 2 aliphatic rings. The summed E-state index contributed by atoms with van der Waals surface area (Å²) in [6.07, 6.45) is 6.68. The van der Waals surface area contributed by atoms with E-state index in [1.54, 1.807) is 4.90 Å². The van der Waals surface area contributed by atoms with E-state index >= 15 is 0 Å². The summed E-state index contributed by atoms with van der Waals surface area (Å²) in [6.45, 7) is 4.88. The van der Waals surface area contributed by atoms with Crippen LogP contribution in [0.1, 0.15) is 24.8 Å². The van der Waals surface area contributed by atoms with E-state index < -0.39 is 0 Å². The smallest absolute Gasteiger partial charge is 0.209 e. The van der Waals surface area contributed by atoms with Gasteiger partial charge in [0.05, 0.1) is 18.7 Å². The van der Waals surface area contributed by atoms with Crippen LogP contribution in [-0.4, -0.2) is 48.6 Å². The second kappa shape index (κ2) is 12.3. The third-order valence-electron chi connectivity index (χ3n) is 5.35. The predicted octanol–water partition coefficient (Wildman–Crippen LogP) is 5.32. The van der Waals surface area contributed by atoms with E-state index in [1.807, 2.05) is 43.5 Å². The summed E-state index contributed by atoms with van der Waals surface area (Å²) >= 11 is 5.71. The zero-order valence-corrected chi connectivity index (χ0v) is 18.7. The Morgan fingerprint density at radius 1 is 1.10 bits per heavy atom. The van der Waals surface area contributed by atoms with Gasteiger partial charge in [-0.1, -0.05) is 41.9 Å². The summed E-state index contributed by atoms with van der Waals surface area (Å²) in [4.78, 5) is 16.1. The average molecular weight is 440 g/mol. The summed E-state index contributed by atoms with van der Waals surface area (Å²) in [7, 11) is 0. The van der Waals surface area contributed by atoms with Gasteiger partial charge in [0.1, 0.15) is 0 Å². The number of carbonyl (C=O) groups is 1. The lowest BCUT2D eigenvalue weighted by Crippen LogP contribution is -2.34. The van der Waals surface area contributed by atoms with Crippen molar-refractivity contribution in [1.82, 2.24) is 9.88 Å². The van der Waals surface area contributed by atoms with Crippen molar-refractivity contribution in [2.24, 2.45) is 0 Å². The Bertz CT molecular complexity index is 935. The molecule has 0 atom stereocenters. The summed E-state index contributed by atoms with van der Waals surface area (Å²) < 4.78 is 5.00. The molecule has 5 rings (SSSR count). The monoisotopic (exact) mass is 439 g/mol. The lowest BCUT2D eigenvalue weighted by Gasteiger charge is -2.27. The third kappa shape index (κ3) is 7.53. The lowest BCUT2D eigenvalue weighted by atomic mass is 9.93. The molecule has 31 heavy (non-hydrogen) atoms. The van der Waals surface area contributed by atoms with Crippen molar-refractivity contribution < 1.29 is 9.53 Å². The highest BCUT2D eigenvalue weighted by Crippen LogP contribution is 2.24. The van der Waals surface area contributed by atoms with Crippen molar-refractivity contribution in [1.29, 1.82) is 0 Å². The van der Waals surface area contributed by atoms with Crippen LogP contribution in [0.15, 0.2) is 60.8 Å². The summed E-state index contributed by atoms with van der Waals surface area (Å²) in [5, 5.41) is 5.58. The number of fused-ring (bicyclic) bond motifs is 1. The van der Waals surface area contributed by atoms with E-state index in [-0.39, 0.29) is 0 Å². The van der Waals surface area contributed by atoms with Gasteiger partial charge in [-0.3, -0.25) is 9.78 Å². The highest BCUT2D eigenvalue weighted by Gasteiger charge is 2.16. The molecule has 6 heteroatoms. The number of nitrogens with zero attached hydrogens (tertiary/aromatic N) is 2. The zero-order valence-electron chi connectivity index (χ0n) is 18.0. The largest absolute Gasteiger partial charge is 0.382 e. The molecule has 1 aromatic heterocycles. The molecule has 2 aromatic carbocycles. The molecule has 1 saturated heterocycles. The molecule has 1 amide bonds. The van der Waals surface area contributed by atoms with Gasteiger partial charge in [0.15, 0.2) is 0 Å². The molecule has 0 spiro atoms. The van der Waals surface area contributed by atoms with Gasteiger partial charge in [-0.2, -0.15) is 0 Å². The molecular formula is C25H30ClN3O2. The molecule has 1 aliphatic carbocycles. The molecule has 1 aliphatic heterocycles. The summed E-state index contributed by atoms with van der Waals surface area (Å²) in [5.41, 5.74) is 3.40. The quantitative estimate of drug-likeness (QED) is 0.561. The molecule has 2 heterocycles. The van der Waals surface area contributed by atoms with Gasteiger partial charge in [0, 0.05) is 41.4 Å². The number of hydrogen-bond donors (Lipinski definition) is 1. The molecule has 1 saturated carbocycles. The van der Waals surface area contributed by atoms with Gasteiger partial charge in [-0.05, 0) is 56.0 Å². The maximum Gasteiger partial charge on any atom is 0.209 e. The fraction of sp³-hybridized carbons (Fsp3) is 0.360. The van der Waals surface area contributed by atoms with Gasteiger partial charge in [-0.15, -0.1) is 0 Å². The minimum Gasteiger partial charge on any atom is -0.382 e. The number of amides is 1. The normalized spacial score (nSPS) is 15.6. The van der Waals surface area contributed by atoms with Crippen LogP contribution in [0.25, 0.3) is 10.9 Å². The Balaban J connectivity index is 0.000000145. The van der Waals surface area contributed by atoms with Crippen LogP contribution in [0.4, 0.5) is 5.69 Å². The van der Waals surface area contributed by atoms with E-state index in [2.05, 4.69) is 34.6 Å². The van der Waals surface area contributed by atoms with Gasteiger partial charge in [0.2, 0.25) is 6.41 Å². The number of halogens is 1. The molecule has 0 radical (unpaired) electrons. The molecule has 164 valence electrons. The zero-order chi connectivity index (χ0) is 21.9. The number of hydrogen-bond acceptors (Lipinski definition) is 4. The molecule has 5 nitrogen and oxygen atoms in total. The van der Waals surface area contributed by atoms with Crippen molar-refractivity contribution in [3.05, 3.63) is 71.4 Å². The Kier molecular flexibility index (Phi) is 9.13. The van der Waals surface area contributed by atoms with Crippen LogP contribution in [0.3, 0.4) is 0 Å². The number of rotatable bonds is 3. The third-order valence-corrected chi connectivity index (χ3v) is 5.78. The fourth-order valence-corrected chi connectivity index (χ4v) is 3.31. The molecule has 3 aromatic rings. The predicted molar refractivity (Wildman–Crippen MR) is 128 cm³/mol. The number of carbonyl (C=O) groups excluding carboxylic acids is 1. The first kappa shape index (κ1) is 23.0. The molecule has 1 N–H and O–H groups in total. The van der Waals surface area contributed by atoms with Crippen molar-refractivity contribution in [2.75, 3.05) is 31.6 Å². The topological polar surface area (TPSA) is 54.5 Å². The van der Waals surface area contributed by atoms with Crippen LogP contribution in [-0.2, 0) is 9.53 Å². The van der Waals surface area contributed by atoms with Gasteiger partial charge < -0.3 is 15.0 Å². The number of anilines is 1. The van der Waals surface area contributed by atoms with Gasteiger partial charge >= 0.3 is 0 Å². The lowest BCUT2D eigenvalue weighted by molar-refractivity contribution is -0.121. The second-order valence-electron chi connectivity index (χ2n) is 7.69. The fourth-order valence-electron chi connectivity index (χ4n) is 3.18. The maximum atomic E-state index is 10.0. The van der Waals surface area contributed by atoms with Crippen molar-refractivity contribution in [3.8, 4) is 0 Å². The molecule has 0 unspecified atom stereocenters. The highest BCUT2D eigenvalue weighted by atomic mass is 35.5. The van der Waals surface area contributed by atoms with E-state index in [0.717, 1.165) is 35.6 Å². The second-order valence-corrected chi connectivity index (χ2v) is 8.09. The first-order chi connectivity index (χ1) is 15.2. The van der Waals surface area contributed by atoms with Crippen molar-refractivity contribution >= 4 is 34.6 Å². The van der Waals surface area contributed by atoms with Crippen LogP contribution in [0.2, 0.25) is 5.02 Å². The summed E-state index contributed by atoms with van der Waals surface area (Å²) in [6, 6.07) is 18.9. The number of benzene rings is 2. The van der Waals surface area contributed by atoms with E-state index in [4.69, 9.17) is 16.3 Å². The molecule has 0 bridgehead atoms. The van der Waals surface area contributed by atoms with E-state index in [9.17, 15) is 4.79 Å². The Hall–Kier alpha value is -2.63. The van der Waals surface area contributed by atoms with Crippen LogP contribution >= 0.6 is 11.6 Å². The number of nitrogens with one attached hydrogen (secondary N) is 1. The van der Waals surface area contributed by atoms with E-state index in [0.29, 0.717) is 19.3 Å². The number of pyridine rings is 1. The standard InChI is InChI=1S/C13H14N2.C7H7Cl.C5H9NO2/c1-4-11(5-1)15-12-7-6-10-3-2-8-14-13(10)9-12;1-6-4-2-3-5-7(6)8;7-5-6-1-3-8-4-2-6/h2-3,6-9,11,15H,1,4-5H2;2-5H,1H3;5H,1-4H2. The number of morpholine rings is 1. The number of aromatic nitrogens is 1. The maximum absolute atomic E-state index is 10.0. The van der Waals surface area contributed by atoms with Crippen LogP contribution in [0.5, 0.6) is 0 Å². The van der Waals surface area contributed by atoms with Gasteiger partial charge in [0.25, 0.3) is 0 Å². The van der Waals surface area contributed by atoms with E-state index in [1.165, 1.54) is 30.3 Å². The van der Waals surface area contributed by atoms with Gasteiger partial charge in [-0.25, -0.2) is 0 Å². The Labute approximate surface area is 189 Å².